The maximum Gasteiger partial charge on any atom is 0.356 e. The molecule has 2 aromatic heterocycles. The first-order chi connectivity index (χ1) is 9.75. The van der Waals surface area contributed by atoms with Crippen molar-refractivity contribution in [2.45, 2.75) is 19.3 Å². The number of rotatable bonds is 4. The van der Waals surface area contributed by atoms with Crippen molar-refractivity contribution >= 4 is 17.4 Å². The van der Waals surface area contributed by atoms with Crippen molar-refractivity contribution in [1.29, 1.82) is 0 Å². The Morgan fingerprint density at radius 1 is 1.45 bits per heavy atom. The average Bonchev–Trinajstić information content (AvgIpc) is 2.84. The molecule has 2 aromatic rings. The van der Waals surface area contributed by atoms with Gasteiger partial charge in [0.2, 0.25) is 0 Å². The van der Waals surface area contributed by atoms with Gasteiger partial charge in [0, 0.05) is 12.7 Å². The quantitative estimate of drug-likeness (QED) is 0.839. The topological polar surface area (TPSA) is 66.6 Å². The summed E-state index contributed by atoms with van der Waals surface area (Å²) in [6.45, 7) is 0.758. The standard InChI is InChI=1S/C15H17N3O2/c19-15(20)13-14(16-10-11-6-2-1-3-7-11)17-12-8-4-5-9-18(12)13/h1-2,4-5,8-9,11,16H,3,6-7,10H2,(H,19,20). The number of carboxylic acids is 1. The van der Waals surface area contributed by atoms with E-state index in [0.717, 1.165) is 25.8 Å². The van der Waals surface area contributed by atoms with Gasteiger partial charge in [-0.3, -0.25) is 4.40 Å². The van der Waals surface area contributed by atoms with Crippen molar-refractivity contribution in [3.8, 4) is 0 Å². The molecule has 2 heterocycles. The van der Waals surface area contributed by atoms with E-state index in [0.29, 0.717) is 17.4 Å². The monoisotopic (exact) mass is 271 g/mol. The second-order valence-electron chi connectivity index (χ2n) is 5.07. The van der Waals surface area contributed by atoms with Gasteiger partial charge in [0.05, 0.1) is 0 Å². The Balaban J connectivity index is 1.84. The molecule has 0 bridgehead atoms. The van der Waals surface area contributed by atoms with E-state index >= 15 is 0 Å². The highest BCUT2D eigenvalue weighted by Gasteiger charge is 2.19. The summed E-state index contributed by atoms with van der Waals surface area (Å²) in [7, 11) is 0. The number of carboxylic acid groups (broad SMARTS) is 1. The lowest BCUT2D eigenvalue weighted by Gasteiger charge is -2.18. The minimum Gasteiger partial charge on any atom is -0.476 e. The first-order valence-electron chi connectivity index (χ1n) is 6.85. The van der Waals surface area contributed by atoms with Crippen molar-refractivity contribution in [2.75, 3.05) is 11.9 Å². The fourth-order valence-electron chi connectivity index (χ4n) is 2.61. The molecule has 1 atom stereocenters. The van der Waals surface area contributed by atoms with Crippen molar-refractivity contribution < 1.29 is 9.90 Å². The summed E-state index contributed by atoms with van der Waals surface area (Å²) >= 11 is 0. The van der Waals surface area contributed by atoms with Gasteiger partial charge in [-0.2, -0.15) is 0 Å². The molecular weight excluding hydrogens is 254 g/mol. The molecule has 0 spiro atoms. The Morgan fingerprint density at radius 3 is 3.10 bits per heavy atom. The molecular formula is C15H17N3O2. The number of nitrogens with one attached hydrogen (secondary N) is 1. The van der Waals surface area contributed by atoms with Gasteiger partial charge in [-0.1, -0.05) is 18.2 Å². The Hall–Kier alpha value is -2.30. The van der Waals surface area contributed by atoms with E-state index in [1.54, 1.807) is 22.7 Å². The van der Waals surface area contributed by atoms with Crippen molar-refractivity contribution in [3.63, 3.8) is 0 Å². The molecule has 104 valence electrons. The molecule has 0 aliphatic heterocycles. The molecule has 0 saturated carbocycles. The first kappa shape index (κ1) is 12.7. The van der Waals surface area contributed by atoms with Crippen LogP contribution in [0.1, 0.15) is 29.8 Å². The van der Waals surface area contributed by atoms with Crippen molar-refractivity contribution in [2.24, 2.45) is 5.92 Å². The van der Waals surface area contributed by atoms with Gasteiger partial charge < -0.3 is 10.4 Å². The number of anilines is 1. The lowest BCUT2D eigenvalue weighted by Crippen LogP contribution is -2.17. The molecule has 1 aliphatic rings. The van der Waals surface area contributed by atoms with Gasteiger partial charge >= 0.3 is 5.97 Å². The predicted molar refractivity (Wildman–Crippen MR) is 77.1 cm³/mol. The molecule has 1 unspecified atom stereocenters. The van der Waals surface area contributed by atoms with E-state index < -0.39 is 5.97 Å². The van der Waals surface area contributed by atoms with E-state index in [2.05, 4.69) is 22.5 Å². The van der Waals surface area contributed by atoms with E-state index in [-0.39, 0.29) is 5.69 Å². The Bertz CT molecular complexity index is 660. The van der Waals surface area contributed by atoms with E-state index in [9.17, 15) is 9.90 Å². The molecule has 1 aliphatic carbocycles. The molecule has 0 amide bonds. The van der Waals surface area contributed by atoms with Crippen LogP contribution in [0.5, 0.6) is 0 Å². The molecule has 5 heteroatoms. The summed E-state index contributed by atoms with van der Waals surface area (Å²) in [5.74, 6) is 0.0412. The fourth-order valence-corrected chi connectivity index (χ4v) is 2.61. The number of carbonyl (C=O) groups is 1. The third-order valence-electron chi connectivity index (χ3n) is 3.67. The van der Waals surface area contributed by atoms with Gasteiger partial charge in [-0.25, -0.2) is 9.78 Å². The number of hydrogen-bond donors (Lipinski definition) is 2. The molecule has 3 rings (SSSR count). The lowest BCUT2D eigenvalue weighted by atomic mass is 9.94. The molecule has 0 aromatic carbocycles. The van der Waals surface area contributed by atoms with Crippen LogP contribution in [0.15, 0.2) is 36.5 Å². The largest absolute Gasteiger partial charge is 0.476 e. The molecule has 0 fully saturated rings. The zero-order valence-electron chi connectivity index (χ0n) is 11.1. The highest BCUT2D eigenvalue weighted by molar-refractivity contribution is 5.92. The van der Waals surface area contributed by atoms with E-state index in [1.807, 2.05) is 6.07 Å². The van der Waals surface area contributed by atoms with Gasteiger partial charge in [-0.05, 0) is 37.3 Å². The van der Waals surface area contributed by atoms with Crippen LogP contribution in [0.25, 0.3) is 5.65 Å². The van der Waals surface area contributed by atoms with Crippen LogP contribution in [0.4, 0.5) is 5.82 Å². The van der Waals surface area contributed by atoms with Crippen LogP contribution in [0.2, 0.25) is 0 Å². The number of imidazole rings is 1. The summed E-state index contributed by atoms with van der Waals surface area (Å²) in [6.07, 6.45) is 9.40. The fraction of sp³-hybridized carbons (Fsp3) is 0.333. The van der Waals surface area contributed by atoms with Gasteiger partial charge in [0.1, 0.15) is 5.65 Å². The van der Waals surface area contributed by atoms with Gasteiger partial charge in [-0.15, -0.1) is 0 Å². The van der Waals surface area contributed by atoms with E-state index in [1.165, 1.54) is 0 Å². The van der Waals surface area contributed by atoms with Gasteiger partial charge in [0.15, 0.2) is 11.5 Å². The third-order valence-corrected chi connectivity index (χ3v) is 3.67. The predicted octanol–water partition coefficient (Wildman–Crippen LogP) is 2.80. The van der Waals surface area contributed by atoms with Crippen LogP contribution in [-0.4, -0.2) is 27.0 Å². The van der Waals surface area contributed by atoms with Crippen LogP contribution in [0, 0.1) is 5.92 Å². The Morgan fingerprint density at radius 2 is 2.35 bits per heavy atom. The summed E-state index contributed by atoms with van der Waals surface area (Å²) in [5, 5.41) is 12.6. The summed E-state index contributed by atoms with van der Waals surface area (Å²) in [6, 6.07) is 5.46. The number of pyridine rings is 1. The number of aromatic carboxylic acids is 1. The number of fused-ring (bicyclic) bond motifs is 1. The maximum atomic E-state index is 11.4. The second kappa shape index (κ2) is 5.36. The Labute approximate surface area is 116 Å². The highest BCUT2D eigenvalue weighted by Crippen LogP contribution is 2.21. The van der Waals surface area contributed by atoms with Crippen LogP contribution in [0.3, 0.4) is 0 Å². The molecule has 0 saturated heterocycles. The zero-order chi connectivity index (χ0) is 13.9. The number of nitrogens with zero attached hydrogens (tertiary/aromatic N) is 2. The minimum absolute atomic E-state index is 0.201. The SMILES string of the molecule is O=C(O)c1c(NCC2CC=CCC2)nc2ccccn12. The Kier molecular flexibility index (Phi) is 3.41. The van der Waals surface area contributed by atoms with Gasteiger partial charge in [0.25, 0.3) is 0 Å². The lowest BCUT2D eigenvalue weighted by molar-refractivity contribution is 0.0690. The smallest absolute Gasteiger partial charge is 0.356 e. The van der Waals surface area contributed by atoms with Crippen molar-refractivity contribution in [3.05, 3.63) is 42.2 Å². The second-order valence-corrected chi connectivity index (χ2v) is 5.07. The number of aromatic nitrogens is 2. The molecule has 20 heavy (non-hydrogen) atoms. The highest BCUT2D eigenvalue weighted by atomic mass is 16.4. The number of hydrogen-bond acceptors (Lipinski definition) is 3. The maximum absolute atomic E-state index is 11.4. The normalized spacial score (nSPS) is 18.3. The van der Waals surface area contributed by atoms with Crippen LogP contribution >= 0.6 is 0 Å². The van der Waals surface area contributed by atoms with E-state index in [4.69, 9.17) is 0 Å². The molecule has 2 N–H and O–H groups in total. The number of allylic oxidation sites excluding steroid dienone is 2. The zero-order valence-corrected chi connectivity index (χ0v) is 11.1. The minimum atomic E-state index is -0.963. The summed E-state index contributed by atoms with van der Waals surface area (Å²) in [5.41, 5.74) is 0.850. The van der Waals surface area contributed by atoms with Crippen LogP contribution < -0.4 is 5.32 Å². The van der Waals surface area contributed by atoms with Crippen LogP contribution in [-0.2, 0) is 0 Å². The average molecular weight is 271 g/mol. The first-order valence-corrected chi connectivity index (χ1v) is 6.85. The van der Waals surface area contributed by atoms with Crippen molar-refractivity contribution in [1.82, 2.24) is 9.38 Å². The molecule has 0 radical (unpaired) electrons. The molecule has 5 nitrogen and oxygen atoms in total. The summed E-state index contributed by atoms with van der Waals surface area (Å²) in [4.78, 5) is 15.8. The third kappa shape index (κ3) is 2.39. The summed E-state index contributed by atoms with van der Waals surface area (Å²) < 4.78 is 1.60.